The maximum atomic E-state index is 14.7. The van der Waals surface area contributed by atoms with E-state index in [-0.39, 0.29) is 22.3 Å². The number of aliphatic hydroxyl groups excluding tert-OH is 1. The summed E-state index contributed by atoms with van der Waals surface area (Å²) in [5.41, 5.74) is 0.362. The third-order valence-electron chi connectivity index (χ3n) is 4.32. The number of rotatable bonds is 6. The molecule has 0 aliphatic carbocycles. The molecular formula is C20H26ClF3N4OS. The molecule has 0 radical (unpaired) electrons. The number of anilines is 2. The van der Waals surface area contributed by atoms with E-state index in [4.69, 9.17) is 16.7 Å². The van der Waals surface area contributed by atoms with Crippen molar-refractivity contribution in [1.29, 1.82) is 0 Å². The van der Waals surface area contributed by atoms with Crippen LogP contribution in [0.2, 0.25) is 5.02 Å². The molecule has 1 atom stereocenters. The molecule has 2 heterocycles. The second-order valence-corrected chi connectivity index (χ2v) is 8.26. The van der Waals surface area contributed by atoms with Crippen LogP contribution in [0.3, 0.4) is 0 Å². The van der Waals surface area contributed by atoms with Crippen LogP contribution < -0.4 is 9.62 Å². The van der Waals surface area contributed by atoms with Gasteiger partial charge in [0.2, 0.25) is 5.95 Å². The van der Waals surface area contributed by atoms with Crippen LogP contribution >= 0.6 is 23.5 Å². The zero-order valence-corrected chi connectivity index (χ0v) is 18.7. The van der Waals surface area contributed by atoms with Crippen molar-refractivity contribution in [3.05, 3.63) is 46.9 Å². The number of hydrogen-bond donors (Lipinski definition) is 2. The Kier molecular flexibility index (Phi) is 9.54. The summed E-state index contributed by atoms with van der Waals surface area (Å²) in [5, 5.41) is 7.46. The molecule has 30 heavy (non-hydrogen) atoms. The summed E-state index contributed by atoms with van der Waals surface area (Å²) in [7, 11) is 4.00. The molecule has 1 aromatic heterocycles. The standard InChI is InChI=1S/C18H20ClF3N4S.C2H6O/c1-25(2)9-11-6-7-26(10-11)13-8-12(20)18(17(22)16(13)19)27-24-15-5-3-4-14(21)23-15;1-2-3/h3-5,8,11H,6-7,9-10H2,1-2H3,(H,23,24);3H,2H2,1H3. The minimum Gasteiger partial charge on any atom is -0.397 e. The fourth-order valence-electron chi connectivity index (χ4n) is 3.17. The molecule has 2 aromatic rings. The van der Waals surface area contributed by atoms with Gasteiger partial charge in [0.15, 0.2) is 5.82 Å². The predicted octanol–water partition coefficient (Wildman–Crippen LogP) is 4.66. The van der Waals surface area contributed by atoms with Crippen molar-refractivity contribution in [3.8, 4) is 0 Å². The van der Waals surface area contributed by atoms with Gasteiger partial charge in [0.05, 0.1) is 5.69 Å². The number of aromatic nitrogens is 1. The molecule has 10 heteroatoms. The SMILES string of the molecule is CCO.CN(C)CC1CCN(c2cc(F)c(SNc3cccc(F)n3)c(F)c2Cl)C1. The number of halogens is 4. The smallest absolute Gasteiger partial charge is 0.214 e. The van der Waals surface area contributed by atoms with E-state index in [0.29, 0.717) is 36.6 Å². The van der Waals surface area contributed by atoms with Crippen molar-refractivity contribution >= 4 is 35.1 Å². The van der Waals surface area contributed by atoms with E-state index in [1.54, 1.807) is 6.92 Å². The number of nitrogens with zero attached hydrogens (tertiary/aromatic N) is 3. The number of hydrogen-bond acceptors (Lipinski definition) is 6. The van der Waals surface area contributed by atoms with Gasteiger partial charge < -0.3 is 19.6 Å². The van der Waals surface area contributed by atoms with Gasteiger partial charge >= 0.3 is 0 Å². The summed E-state index contributed by atoms with van der Waals surface area (Å²) in [4.78, 5) is 7.33. The maximum absolute atomic E-state index is 14.7. The molecule has 0 amide bonds. The van der Waals surface area contributed by atoms with E-state index in [1.807, 2.05) is 19.0 Å². The molecule has 1 unspecified atom stereocenters. The number of nitrogens with one attached hydrogen (secondary N) is 1. The maximum Gasteiger partial charge on any atom is 0.214 e. The molecule has 0 spiro atoms. The van der Waals surface area contributed by atoms with Gasteiger partial charge in [-0.05, 0) is 57.4 Å². The van der Waals surface area contributed by atoms with Gasteiger partial charge in [-0.2, -0.15) is 4.39 Å². The van der Waals surface area contributed by atoms with Crippen LogP contribution in [0.25, 0.3) is 0 Å². The minimum absolute atomic E-state index is 0.113. The molecule has 5 nitrogen and oxygen atoms in total. The Hall–Kier alpha value is -1.68. The first kappa shape index (κ1) is 24.6. The third-order valence-corrected chi connectivity index (χ3v) is 5.57. The van der Waals surface area contributed by atoms with E-state index in [0.717, 1.165) is 13.0 Å². The Balaban J connectivity index is 0.00000101. The normalized spacial score (nSPS) is 15.9. The second-order valence-electron chi connectivity index (χ2n) is 7.06. The Morgan fingerprint density at radius 2 is 2.03 bits per heavy atom. The van der Waals surface area contributed by atoms with E-state index in [1.165, 1.54) is 24.3 Å². The monoisotopic (exact) mass is 462 g/mol. The first-order valence-electron chi connectivity index (χ1n) is 9.50. The van der Waals surface area contributed by atoms with Crippen LogP contribution in [0.15, 0.2) is 29.2 Å². The lowest BCUT2D eigenvalue weighted by molar-refractivity contribution is 0.318. The van der Waals surface area contributed by atoms with E-state index < -0.39 is 17.6 Å². The molecule has 1 saturated heterocycles. The largest absolute Gasteiger partial charge is 0.397 e. The van der Waals surface area contributed by atoms with E-state index in [9.17, 15) is 13.2 Å². The van der Waals surface area contributed by atoms with Gasteiger partial charge in [-0.25, -0.2) is 13.8 Å². The molecule has 166 valence electrons. The molecule has 3 rings (SSSR count). The lowest BCUT2D eigenvalue weighted by Crippen LogP contribution is -2.26. The van der Waals surface area contributed by atoms with Crippen LogP contribution in [0.4, 0.5) is 24.7 Å². The Bertz CT molecular complexity index is 844. The van der Waals surface area contributed by atoms with Crippen LogP contribution in [-0.2, 0) is 0 Å². The Labute approximate surface area is 184 Å². The summed E-state index contributed by atoms with van der Waals surface area (Å²) >= 11 is 6.87. The molecule has 0 saturated carbocycles. The van der Waals surface area contributed by atoms with E-state index >= 15 is 0 Å². The lowest BCUT2D eigenvalue weighted by atomic mass is 10.1. The topological polar surface area (TPSA) is 51.6 Å². The summed E-state index contributed by atoms with van der Waals surface area (Å²) < 4.78 is 45.0. The average Bonchev–Trinajstić information content (AvgIpc) is 3.13. The summed E-state index contributed by atoms with van der Waals surface area (Å²) in [6, 6.07) is 5.39. The van der Waals surface area contributed by atoms with Gasteiger partial charge in [0, 0.05) is 32.3 Å². The van der Waals surface area contributed by atoms with Gasteiger partial charge in [-0.1, -0.05) is 17.7 Å². The van der Waals surface area contributed by atoms with Crippen molar-refractivity contribution in [1.82, 2.24) is 9.88 Å². The molecule has 1 fully saturated rings. The molecule has 2 N–H and O–H groups in total. The van der Waals surface area contributed by atoms with Crippen molar-refractivity contribution in [2.24, 2.45) is 5.92 Å². The molecule has 0 bridgehead atoms. The van der Waals surface area contributed by atoms with Crippen molar-refractivity contribution in [2.75, 3.05) is 50.0 Å². The molecule has 1 aromatic carbocycles. The minimum atomic E-state index is -0.836. The van der Waals surface area contributed by atoms with Crippen LogP contribution in [0.5, 0.6) is 0 Å². The summed E-state index contributed by atoms with van der Waals surface area (Å²) in [6.45, 7) is 4.25. The first-order valence-corrected chi connectivity index (χ1v) is 10.7. The quantitative estimate of drug-likeness (QED) is 0.370. The summed E-state index contributed by atoms with van der Waals surface area (Å²) in [5.74, 6) is -1.66. The van der Waals surface area contributed by atoms with Crippen LogP contribution in [0, 0.1) is 23.5 Å². The van der Waals surface area contributed by atoms with Gasteiger partial charge in [0.1, 0.15) is 21.6 Å². The number of pyridine rings is 1. The zero-order valence-electron chi connectivity index (χ0n) is 17.1. The highest BCUT2D eigenvalue weighted by Crippen LogP contribution is 2.38. The Morgan fingerprint density at radius 1 is 1.33 bits per heavy atom. The fraction of sp³-hybridized carbons (Fsp3) is 0.450. The van der Waals surface area contributed by atoms with Crippen molar-refractivity contribution < 1.29 is 18.3 Å². The Morgan fingerprint density at radius 3 is 2.67 bits per heavy atom. The van der Waals surface area contributed by atoms with Gasteiger partial charge in [-0.3, -0.25) is 0 Å². The zero-order chi connectivity index (χ0) is 22.3. The van der Waals surface area contributed by atoms with E-state index in [2.05, 4.69) is 14.6 Å². The highest BCUT2D eigenvalue weighted by Gasteiger charge is 2.28. The van der Waals surface area contributed by atoms with Gasteiger partial charge in [0.25, 0.3) is 0 Å². The average molecular weight is 463 g/mol. The highest BCUT2D eigenvalue weighted by molar-refractivity contribution is 8.00. The number of aliphatic hydroxyl groups is 1. The molecule has 1 aliphatic heterocycles. The van der Waals surface area contributed by atoms with Crippen LogP contribution in [-0.4, -0.2) is 55.3 Å². The molecular weight excluding hydrogens is 437 g/mol. The second kappa shape index (κ2) is 11.6. The summed E-state index contributed by atoms with van der Waals surface area (Å²) in [6.07, 6.45) is 0.945. The molecule has 1 aliphatic rings. The predicted molar refractivity (Wildman–Crippen MR) is 117 cm³/mol. The highest BCUT2D eigenvalue weighted by atomic mass is 35.5. The van der Waals surface area contributed by atoms with Crippen LogP contribution in [0.1, 0.15) is 13.3 Å². The lowest BCUT2D eigenvalue weighted by Gasteiger charge is -2.22. The third kappa shape index (κ3) is 6.66. The van der Waals surface area contributed by atoms with Crippen molar-refractivity contribution in [2.45, 2.75) is 18.2 Å². The van der Waals surface area contributed by atoms with Crippen molar-refractivity contribution in [3.63, 3.8) is 0 Å². The fourth-order valence-corrected chi connectivity index (χ4v) is 4.17. The number of benzene rings is 1. The first-order chi connectivity index (χ1) is 14.3. The van der Waals surface area contributed by atoms with Gasteiger partial charge in [-0.15, -0.1) is 0 Å².